The van der Waals surface area contributed by atoms with Gasteiger partial charge in [0, 0.05) is 13.1 Å². The largest absolute Gasteiger partial charge is 0.481 e. The first-order valence-corrected chi connectivity index (χ1v) is 7.05. The zero-order chi connectivity index (χ0) is 14.2. The number of carboxylic acid groups (broad SMARTS) is 1. The quantitative estimate of drug-likeness (QED) is 0.822. The fourth-order valence-corrected chi connectivity index (χ4v) is 3.43. The summed E-state index contributed by atoms with van der Waals surface area (Å²) in [5.74, 6) is -1.40. The third-order valence-electron chi connectivity index (χ3n) is 4.16. The highest BCUT2D eigenvalue weighted by atomic mass is 16.5. The number of amides is 1. The van der Waals surface area contributed by atoms with Crippen molar-refractivity contribution >= 4 is 11.9 Å². The van der Waals surface area contributed by atoms with Gasteiger partial charge in [0.1, 0.15) is 0 Å². The van der Waals surface area contributed by atoms with Crippen LogP contribution in [0.5, 0.6) is 0 Å². The van der Waals surface area contributed by atoms with Gasteiger partial charge in [0.2, 0.25) is 5.91 Å². The standard InChI is InChI=1S/C14H23NO4/c1-8-4-11(12(5-8)14(17)18)13(16)15-6-9(2)19-10(3)7-15/h8-12H,4-7H2,1-3H3,(H,17,18). The van der Waals surface area contributed by atoms with Gasteiger partial charge in [0.05, 0.1) is 24.0 Å². The van der Waals surface area contributed by atoms with Crippen molar-refractivity contribution in [2.45, 2.75) is 45.8 Å². The van der Waals surface area contributed by atoms with Gasteiger partial charge in [0.15, 0.2) is 0 Å². The predicted octanol–water partition coefficient (Wildman–Crippen LogP) is 1.37. The zero-order valence-corrected chi connectivity index (χ0v) is 11.8. The first kappa shape index (κ1) is 14.3. The maximum atomic E-state index is 12.6. The molecule has 1 heterocycles. The van der Waals surface area contributed by atoms with E-state index in [4.69, 9.17) is 4.74 Å². The van der Waals surface area contributed by atoms with E-state index in [9.17, 15) is 14.7 Å². The smallest absolute Gasteiger partial charge is 0.307 e. The minimum atomic E-state index is -0.836. The maximum Gasteiger partial charge on any atom is 0.307 e. The molecule has 2 aliphatic rings. The van der Waals surface area contributed by atoms with Gasteiger partial charge >= 0.3 is 5.97 Å². The van der Waals surface area contributed by atoms with Gasteiger partial charge in [-0.25, -0.2) is 0 Å². The van der Waals surface area contributed by atoms with Crippen molar-refractivity contribution in [2.24, 2.45) is 17.8 Å². The second-order valence-electron chi connectivity index (χ2n) is 6.13. The lowest BCUT2D eigenvalue weighted by atomic mass is 9.94. The number of aliphatic carboxylic acids is 1. The summed E-state index contributed by atoms with van der Waals surface area (Å²) in [6, 6.07) is 0. The molecule has 108 valence electrons. The fourth-order valence-electron chi connectivity index (χ4n) is 3.43. The monoisotopic (exact) mass is 269 g/mol. The van der Waals surface area contributed by atoms with E-state index in [1.54, 1.807) is 4.90 Å². The molecule has 1 amide bonds. The van der Waals surface area contributed by atoms with Gasteiger partial charge < -0.3 is 14.7 Å². The Morgan fingerprint density at radius 1 is 1.05 bits per heavy atom. The lowest BCUT2D eigenvalue weighted by Crippen LogP contribution is -2.50. The van der Waals surface area contributed by atoms with Gasteiger partial charge in [-0.05, 0) is 32.6 Å². The van der Waals surface area contributed by atoms with Gasteiger partial charge in [0.25, 0.3) is 0 Å². The molecular formula is C14H23NO4. The van der Waals surface area contributed by atoms with Crippen LogP contribution in [-0.4, -0.2) is 47.2 Å². The van der Waals surface area contributed by atoms with Crippen LogP contribution in [0.2, 0.25) is 0 Å². The lowest BCUT2D eigenvalue weighted by Gasteiger charge is -2.37. The van der Waals surface area contributed by atoms with E-state index in [0.29, 0.717) is 31.8 Å². The molecule has 5 nitrogen and oxygen atoms in total. The van der Waals surface area contributed by atoms with Crippen molar-refractivity contribution in [3.8, 4) is 0 Å². The SMILES string of the molecule is CC1CC(C(=O)O)C(C(=O)N2CC(C)OC(C)C2)C1. The number of carboxylic acids is 1. The Kier molecular flexibility index (Phi) is 4.13. The molecule has 2 fully saturated rings. The summed E-state index contributed by atoms with van der Waals surface area (Å²) in [5, 5.41) is 9.26. The Morgan fingerprint density at radius 3 is 2.11 bits per heavy atom. The topological polar surface area (TPSA) is 66.8 Å². The minimum absolute atomic E-state index is 0.00116. The van der Waals surface area contributed by atoms with Crippen molar-refractivity contribution in [2.75, 3.05) is 13.1 Å². The number of carbonyl (C=O) groups is 2. The summed E-state index contributed by atoms with van der Waals surface area (Å²) >= 11 is 0. The molecule has 0 aromatic rings. The summed E-state index contributed by atoms with van der Waals surface area (Å²) in [6.45, 7) is 7.05. The number of morpholine rings is 1. The van der Waals surface area contributed by atoms with E-state index >= 15 is 0 Å². The van der Waals surface area contributed by atoms with E-state index in [1.807, 2.05) is 20.8 Å². The van der Waals surface area contributed by atoms with Gasteiger partial charge in [-0.2, -0.15) is 0 Å². The molecule has 5 unspecified atom stereocenters. The van der Waals surface area contributed by atoms with Gasteiger partial charge in [-0.1, -0.05) is 6.92 Å². The molecule has 1 aliphatic heterocycles. The highest BCUT2D eigenvalue weighted by Gasteiger charge is 2.43. The van der Waals surface area contributed by atoms with Crippen LogP contribution in [0.25, 0.3) is 0 Å². The summed E-state index contributed by atoms with van der Waals surface area (Å²) in [5.41, 5.74) is 0. The Bertz CT molecular complexity index is 360. The summed E-state index contributed by atoms with van der Waals surface area (Å²) in [6.07, 6.45) is 1.35. The summed E-state index contributed by atoms with van der Waals surface area (Å²) in [4.78, 5) is 25.6. The second kappa shape index (κ2) is 5.49. The lowest BCUT2D eigenvalue weighted by molar-refractivity contribution is -0.154. The number of nitrogens with zero attached hydrogens (tertiary/aromatic N) is 1. The van der Waals surface area contributed by atoms with Crippen molar-refractivity contribution in [1.29, 1.82) is 0 Å². The number of hydrogen-bond donors (Lipinski definition) is 1. The molecule has 0 bridgehead atoms. The zero-order valence-electron chi connectivity index (χ0n) is 11.8. The van der Waals surface area contributed by atoms with Crippen molar-refractivity contribution in [3.05, 3.63) is 0 Å². The molecule has 1 saturated heterocycles. The van der Waals surface area contributed by atoms with Crippen molar-refractivity contribution in [3.63, 3.8) is 0 Å². The molecule has 0 aromatic heterocycles. The Morgan fingerprint density at radius 2 is 1.58 bits per heavy atom. The molecule has 1 aliphatic carbocycles. The van der Waals surface area contributed by atoms with E-state index in [0.717, 1.165) is 0 Å². The predicted molar refractivity (Wildman–Crippen MR) is 69.6 cm³/mol. The Balaban J connectivity index is 2.07. The van der Waals surface area contributed by atoms with Crippen LogP contribution >= 0.6 is 0 Å². The first-order chi connectivity index (χ1) is 8.88. The van der Waals surface area contributed by atoms with E-state index < -0.39 is 11.9 Å². The van der Waals surface area contributed by atoms with Crippen molar-refractivity contribution in [1.82, 2.24) is 4.90 Å². The van der Waals surface area contributed by atoms with Crippen LogP contribution in [-0.2, 0) is 14.3 Å². The van der Waals surface area contributed by atoms with Crippen LogP contribution in [0, 0.1) is 17.8 Å². The average molecular weight is 269 g/mol. The summed E-state index contributed by atoms with van der Waals surface area (Å²) in [7, 11) is 0. The third kappa shape index (κ3) is 3.08. The second-order valence-corrected chi connectivity index (χ2v) is 6.13. The maximum absolute atomic E-state index is 12.6. The Hall–Kier alpha value is -1.10. The van der Waals surface area contributed by atoms with Crippen LogP contribution in [0.4, 0.5) is 0 Å². The highest BCUT2D eigenvalue weighted by Crippen LogP contribution is 2.37. The molecule has 0 spiro atoms. The molecular weight excluding hydrogens is 246 g/mol. The molecule has 0 radical (unpaired) electrons. The highest BCUT2D eigenvalue weighted by molar-refractivity contribution is 5.85. The summed E-state index contributed by atoms with van der Waals surface area (Å²) < 4.78 is 5.61. The molecule has 1 N–H and O–H groups in total. The fraction of sp³-hybridized carbons (Fsp3) is 0.857. The average Bonchev–Trinajstić information content (AvgIpc) is 2.69. The normalized spacial score (nSPS) is 39.3. The molecule has 0 aromatic carbocycles. The van der Waals surface area contributed by atoms with Gasteiger partial charge in [-0.3, -0.25) is 9.59 Å². The number of carbonyl (C=O) groups excluding carboxylic acids is 1. The van der Waals surface area contributed by atoms with Crippen molar-refractivity contribution < 1.29 is 19.4 Å². The van der Waals surface area contributed by atoms with E-state index in [2.05, 4.69) is 0 Å². The molecule has 5 heteroatoms. The Labute approximate surface area is 113 Å². The third-order valence-corrected chi connectivity index (χ3v) is 4.16. The molecule has 19 heavy (non-hydrogen) atoms. The van der Waals surface area contributed by atoms with E-state index in [-0.39, 0.29) is 24.0 Å². The van der Waals surface area contributed by atoms with Crippen LogP contribution in [0.1, 0.15) is 33.6 Å². The van der Waals surface area contributed by atoms with E-state index in [1.165, 1.54) is 0 Å². The minimum Gasteiger partial charge on any atom is -0.481 e. The number of ether oxygens (including phenoxy) is 1. The molecule has 2 rings (SSSR count). The first-order valence-electron chi connectivity index (χ1n) is 7.05. The molecule has 5 atom stereocenters. The number of rotatable bonds is 2. The van der Waals surface area contributed by atoms with Gasteiger partial charge in [-0.15, -0.1) is 0 Å². The molecule has 1 saturated carbocycles. The van der Waals surface area contributed by atoms with Crippen LogP contribution < -0.4 is 0 Å². The number of hydrogen-bond acceptors (Lipinski definition) is 3. The van der Waals surface area contributed by atoms with Crippen LogP contribution in [0.15, 0.2) is 0 Å². The van der Waals surface area contributed by atoms with Crippen LogP contribution in [0.3, 0.4) is 0 Å².